The van der Waals surface area contributed by atoms with Gasteiger partial charge in [-0.25, -0.2) is 4.57 Å². The van der Waals surface area contributed by atoms with Gasteiger partial charge in [-0.3, -0.25) is 9.05 Å². The zero-order chi connectivity index (χ0) is 17.6. The number of quaternary nitrogens is 1. The number of fused-ring (bicyclic) bond motifs is 1. The Bertz CT molecular complexity index is 713. The first-order chi connectivity index (χ1) is 11.3. The van der Waals surface area contributed by atoms with E-state index in [9.17, 15) is 9.46 Å². The lowest BCUT2D eigenvalue weighted by molar-refractivity contribution is -0.870. The van der Waals surface area contributed by atoms with Crippen molar-refractivity contribution in [3.63, 3.8) is 0 Å². The molecule has 0 amide bonds. The third kappa shape index (κ3) is 6.59. The third-order valence-corrected chi connectivity index (χ3v) is 4.36. The van der Waals surface area contributed by atoms with E-state index in [0.717, 1.165) is 10.8 Å². The van der Waals surface area contributed by atoms with E-state index >= 15 is 0 Å². The summed E-state index contributed by atoms with van der Waals surface area (Å²) in [4.78, 5) is 9.60. The standard InChI is InChI=1S/C17H24NO5P/c1-18(2,3)10-11-22-24(19,20)23-13-12-21-17-9-8-15-6-4-5-7-16(15)14-17/h4-9,14H,10-13H2,1-3H3/p+1. The molecule has 132 valence electrons. The molecule has 24 heavy (non-hydrogen) atoms. The summed E-state index contributed by atoms with van der Waals surface area (Å²) in [5.74, 6) is 0.691. The quantitative estimate of drug-likeness (QED) is 0.426. The maximum atomic E-state index is 11.7. The predicted octanol–water partition coefficient (Wildman–Crippen LogP) is 3.06. The smallest absolute Gasteiger partial charge is 0.472 e. The second-order valence-electron chi connectivity index (χ2n) is 6.51. The van der Waals surface area contributed by atoms with Crippen LogP contribution in [0.2, 0.25) is 0 Å². The average Bonchev–Trinajstić information content (AvgIpc) is 2.50. The van der Waals surface area contributed by atoms with Gasteiger partial charge in [0.1, 0.15) is 25.5 Å². The lowest BCUT2D eigenvalue weighted by Gasteiger charge is -2.24. The molecule has 0 bridgehead atoms. The zero-order valence-electron chi connectivity index (χ0n) is 14.3. The molecule has 0 aliphatic rings. The number of phosphoric acid groups is 1. The van der Waals surface area contributed by atoms with E-state index in [0.29, 0.717) is 16.8 Å². The first-order valence-corrected chi connectivity index (χ1v) is 9.29. The molecule has 2 rings (SSSR count). The molecule has 1 N–H and O–H groups in total. The number of hydrogen-bond acceptors (Lipinski definition) is 4. The van der Waals surface area contributed by atoms with Gasteiger partial charge in [0, 0.05) is 0 Å². The molecule has 0 saturated heterocycles. The second-order valence-corrected chi connectivity index (χ2v) is 7.96. The van der Waals surface area contributed by atoms with E-state index in [-0.39, 0.29) is 19.8 Å². The minimum absolute atomic E-state index is 0.0228. The molecule has 6 nitrogen and oxygen atoms in total. The summed E-state index contributed by atoms with van der Waals surface area (Å²) in [6, 6.07) is 13.7. The molecule has 0 radical (unpaired) electrons. The van der Waals surface area contributed by atoms with Crippen LogP contribution in [0.5, 0.6) is 5.75 Å². The molecule has 0 fully saturated rings. The van der Waals surface area contributed by atoms with Crippen molar-refractivity contribution in [3.05, 3.63) is 42.5 Å². The molecule has 2 aromatic carbocycles. The number of likely N-dealkylation sites (N-methyl/N-ethyl adjacent to an activating group) is 1. The minimum Gasteiger partial charge on any atom is -0.491 e. The van der Waals surface area contributed by atoms with Crippen LogP contribution >= 0.6 is 7.82 Å². The van der Waals surface area contributed by atoms with Crippen molar-refractivity contribution in [2.75, 3.05) is 47.5 Å². The fourth-order valence-corrected chi connectivity index (χ4v) is 2.73. The fourth-order valence-electron chi connectivity index (χ4n) is 2.04. The molecule has 2 aromatic rings. The van der Waals surface area contributed by atoms with Crippen LogP contribution in [-0.4, -0.2) is 56.9 Å². The summed E-state index contributed by atoms with van der Waals surface area (Å²) in [5.41, 5.74) is 0. The molecule has 1 atom stereocenters. The van der Waals surface area contributed by atoms with Gasteiger partial charge >= 0.3 is 7.82 Å². The summed E-state index contributed by atoms with van der Waals surface area (Å²) in [5, 5.41) is 2.21. The van der Waals surface area contributed by atoms with Gasteiger partial charge in [-0.2, -0.15) is 0 Å². The maximum absolute atomic E-state index is 11.7. The first kappa shape index (κ1) is 18.9. The van der Waals surface area contributed by atoms with Crippen LogP contribution in [0.1, 0.15) is 0 Å². The topological polar surface area (TPSA) is 65.0 Å². The Balaban J connectivity index is 1.74. The molecule has 0 heterocycles. The summed E-state index contributed by atoms with van der Waals surface area (Å²) in [6.45, 7) is 0.914. The highest BCUT2D eigenvalue weighted by Gasteiger charge is 2.22. The molecular formula is C17H25NO5P+. The van der Waals surface area contributed by atoms with Gasteiger partial charge < -0.3 is 14.1 Å². The van der Waals surface area contributed by atoms with E-state index in [1.165, 1.54) is 0 Å². The van der Waals surface area contributed by atoms with Crippen LogP contribution in [0, 0.1) is 0 Å². The van der Waals surface area contributed by atoms with Crippen molar-refractivity contribution in [1.29, 1.82) is 0 Å². The highest BCUT2D eigenvalue weighted by atomic mass is 31.2. The number of nitrogens with zero attached hydrogens (tertiary/aromatic N) is 1. The van der Waals surface area contributed by atoms with Crippen LogP contribution in [0.25, 0.3) is 10.8 Å². The van der Waals surface area contributed by atoms with Crippen molar-refractivity contribution >= 4 is 18.6 Å². The molecule has 0 saturated carbocycles. The van der Waals surface area contributed by atoms with Crippen LogP contribution in [0.15, 0.2) is 42.5 Å². The van der Waals surface area contributed by atoms with Gasteiger partial charge in [0.05, 0.1) is 27.7 Å². The molecule has 0 aliphatic carbocycles. The van der Waals surface area contributed by atoms with Crippen LogP contribution < -0.4 is 4.74 Å². The molecule has 1 unspecified atom stereocenters. The Labute approximate surface area is 142 Å². The van der Waals surface area contributed by atoms with Crippen molar-refractivity contribution in [2.24, 2.45) is 0 Å². The monoisotopic (exact) mass is 354 g/mol. The normalized spacial score (nSPS) is 14.5. The zero-order valence-corrected chi connectivity index (χ0v) is 15.2. The van der Waals surface area contributed by atoms with Gasteiger partial charge in [0.25, 0.3) is 0 Å². The van der Waals surface area contributed by atoms with Crippen LogP contribution in [0.4, 0.5) is 0 Å². The summed E-state index contributed by atoms with van der Waals surface area (Å²) < 4.78 is 27.8. The number of hydrogen-bond donors (Lipinski definition) is 1. The lowest BCUT2D eigenvalue weighted by atomic mass is 10.1. The average molecular weight is 354 g/mol. The number of rotatable bonds is 9. The van der Waals surface area contributed by atoms with Gasteiger partial charge in [-0.05, 0) is 22.9 Å². The van der Waals surface area contributed by atoms with Gasteiger partial charge in [-0.15, -0.1) is 0 Å². The molecule has 0 spiro atoms. The number of phosphoric ester groups is 1. The summed E-state index contributed by atoms with van der Waals surface area (Å²) >= 11 is 0. The third-order valence-electron chi connectivity index (χ3n) is 3.34. The van der Waals surface area contributed by atoms with Crippen molar-refractivity contribution in [1.82, 2.24) is 0 Å². The molecule has 7 heteroatoms. The Morgan fingerprint density at radius 1 is 0.958 bits per heavy atom. The second kappa shape index (κ2) is 8.10. The first-order valence-electron chi connectivity index (χ1n) is 7.79. The Morgan fingerprint density at radius 3 is 2.33 bits per heavy atom. The van der Waals surface area contributed by atoms with E-state index < -0.39 is 7.82 Å². The van der Waals surface area contributed by atoms with E-state index in [1.807, 2.05) is 63.6 Å². The van der Waals surface area contributed by atoms with E-state index in [4.69, 9.17) is 13.8 Å². The van der Waals surface area contributed by atoms with Gasteiger partial charge in [-0.1, -0.05) is 30.3 Å². The fraction of sp³-hybridized carbons (Fsp3) is 0.412. The summed E-state index contributed by atoms with van der Waals surface area (Å²) in [6.07, 6.45) is 0. The van der Waals surface area contributed by atoms with Crippen molar-refractivity contribution in [3.8, 4) is 5.75 Å². The van der Waals surface area contributed by atoms with E-state index in [2.05, 4.69) is 0 Å². The Morgan fingerprint density at radius 2 is 1.62 bits per heavy atom. The van der Waals surface area contributed by atoms with Crippen molar-refractivity contribution < 1.29 is 27.7 Å². The maximum Gasteiger partial charge on any atom is 0.472 e. The van der Waals surface area contributed by atoms with Crippen LogP contribution in [-0.2, 0) is 13.6 Å². The highest BCUT2D eigenvalue weighted by molar-refractivity contribution is 7.47. The Kier molecular flexibility index (Phi) is 6.38. The minimum atomic E-state index is -4.03. The molecular weight excluding hydrogens is 329 g/mol. The summed E-state index contributed by atoms with van der Waals surface area (Å²) in [7, 11) is 1.90. The highest BCUT2D eigenvalue weighted by Crippen LogP contribution is 2.42. The van der Waals surface area contributed by atoms with E-state index in [1.54, 1.807) is 0 Å². The SMILES string of the molecule is C[N+](C)(C)CCOP(=O)(O)OCCOc1ccc2ccccc2c1. The number of ether oxygens (including phenoxy) is 1. The predicted molar refractivity (Wildman–Crippen MR) is 94.1 cm³/mol. The largest absolute Gasteiger partial charge is 0.491 e. The molecule has 0 aromatic heterocycles. The number of benzene rings is 2. The van der Waals surface area contributed by atoms with Crippen molar-refractivity contribution in [2.45, 2.75) is 0 Å². The Hall–Kier alpha value is -1.43. The molecule has 0 aliphatic heterocycles. The van der Waals surface area contributed by atoms with Gasteiger partial charge in [0.15, 0.2) is 0 Å². The van der Waals surface area contributed by atoms with Crippen LogP contribution in [0.3, 0.4) is 0 Å². The van der Waals surface area contributed by atoms with Gasteiger partial charge in [0.2, 0.25) is 0 Å². The lowest BCUT2D eigenvalue weighted by Crippen LogP contribution is -2.37.